The first-order valence-corrected chi connectivity index (χ1v) is 8.04. The highest BCUT2D eigenvalue weighted by Gasteiger charge is 2.11. The van der Waals surface area contributed by atoms with E-state index < -0.39 is 0 Å². The molecular formula is C22H15Cl. The zero-order valence-electron chi connectivity index (χ0n) is 12.5. The van der Waals surface area contributed by atoms with Crippen LogP contribution in [-0.2, 0) is 0 Å². The van der Waals surface area contributed by atoms with E-state index in [0.717, 1.165) is 10.6 Å². The first kappa shape index (κ1) is 14.0. The lowest BCUT2D eigenvalue weighted by Gasteiger charge is -2.13. The Morgan fingerprint density at radius 2 is 1.04 bits per heavy atom. The highest BCUT2D eigenvalue weighted by Crippen LogP contribution is 2.38. The molecular weight excluding hydrogens is 300 g/mol. The topological polar surface area (TPSA) is 0 Å². The molecule has 4 rings (SSSR count). The third-order valence-corrected chi connectivity index (χ3v) is 4.46. The molecule has 0 heterocycles. The van der Waals surface area contributed by atoms with Gasteiger partial charge in [-0.05, 0) is 45.7 Å². The maximum Gasteiger partial charge on any atom is 0.0484 e. The van der Waals surface area contributed by atoms with Crippen LogP contribution in [0.1, 0.15) is 0 Å². The highest BCUT2D eigenvalue weighted by atomic mass is 35.5. The number of fused-ring (bicyclic) bond motifs is 1. The Balaban J connectivity index is 2.07. The predicted molar refractivity (Wildman–Crippen MR) is 99.8 cm³/mol. The Labute approximate surface area is 141 Å². The summed E-state index contributed by atoms with van der Waals surface area (Å²) >= 11 is 6.47. The molecule has 1 heteroatoms. The summed E-state index contributed by atoms with van der Waals surface area (Å²) in [4.78, 5) is 0. The van der Waals surface area contributed by atoms with Crippen molar-refractivity contribution in [3.8, 4) is 22.3 Å². The summed E-state index contributed by atoms with van der Waals surface area (Å²) in [7, 11) is 0. The van der Waals surface area contributed by atoms with Gasteiger partial charge in [0.15, 0.2) is 0 Å². The van der Waals surface area contributed by atoms with Gasteiger partial charge >= 0.3 is 0 Å². The smallest absolute Gasteiger partial charge is 0.0484 e. The molecule has 0 aliphatic carbocycles. The van der Waals surface area contributed by atoms with E-state index in [1.807, 2.05) is 24.3 Å². The fraction of sp³-hybridized carbons (Fsp3) is 0. The summed E-state index contributed by atoms with van der Waals surface area (Å²) < 4.78 is 0. The minimum atomic E-state index is 0.778. The second-order valence-corrected chi connectivity index (χ2v) is 6.00. The molecule has 4 aromatic rings. The van der Waals surface area contributed by atoms with Crippen LogP contribution in [0.2, 0.25) is 5.02 Å². The third-order valence-electron chi connectivity index (χ3n) is 4.13. The van der Waals surface area contributed by atoms with Crippen LogP contribution in [0.3, 0.4) is 0 Å². The van der Waals surface area contributed by atoms with Crippen molar-refractivity contribution in [2.45, 2.75) is 0 Å². The zero-order valence-corrected chi connectivity index (χ0v) is 13.3. The highest BCUT2D eigenvalue weighted by molar-refractivity contribution is 6.33. The standard InChI is InChI=1S/C22H15Cl/c23-22-13-7-6-12-19(22)21-15-18-11-5-4-10-17(18)14-20(21)16-8-2-1-3-9-16/h1-15H. The summed E-state index contributed by atoms with van der Waals surface area (Å²) in [6.07, 6.45) is 0. The van der Waals surface area contributed by atoms with Gasteiger partial charge in [0.25, 0.3) is 0 Å². The molecule has 0 amide bonds. The Morgan fingerprint density at radius 1 is 0.478 bits per heavy atom. The van der Waals surface area contributed by atoms with Crippen molar-refractivity contribution in [1.82, 2.24) is 0 Å². The zero-order chi connectivity index (χ0) is 15.6. The molecule has 0 spiro atoms. The van der Waals surface area contributed by atoms with E-state index in [2.05, 4.69) is 66.7 Å². The van der Waals surface area contributed by atoms with E-state index in [0.29, 0.717) is 0 Å². The summed E-state index contributed by atoms with van der Waals surface area (Å²) in [5, 5.41) is 3.24. The normalized spacial score (nSPS) is 10.8. The number of benzene rings is 4. The van der Waals surface area contributed by atoms with Crippen molar-refractivity contribution < 1.29 is 0 Å². The minimum absolute atomic E-state index is 0.778. The summed E-state index contributed by atoms with van der Waals surface area (Å²) in [6, 6.07) is 31.4. The number of hydrogen-bond acceptors (Lipinski definition) is 0. The average Bonchev–Trinajstić information content (AvgIpc) is 2.62. The molecule has 0 fully saturated rings. The lowest BCUT2D eigenvalue weighted by Crippen LogP contribution is -1.87. The monoisotopic (exact) mass is 314 g/mol. The second-order valence-electron chi connectivity index (χ2n) is 5.59. The van der Waals surface area contributed by atoms with E-state index in [4.69, 9.17) is 11.6 Å². The van der Waals surface area contributed by atoms with Crippen LogP contribution in [0.4, 0.5) is 0 Å². The predicted octanol–water partition coefficient (Wildman–Crippen LogP) is 6.83. The summed E-state index contributed by atoms with van der Waals surface area (Å²) in [5.41, 5.74) is 4.64. The van der Waals surface area contributed by atoms with Crippen molar-refractivity contribution >= 4 is 22.4 Å². The maximum atomic E-state index is 6.47. The Morgan fingerprint density at radius 3 is 1.74 bits per heavy atom. The van der Waals surface area contributed by atoms with E-state index in [-0.39, 0.29) is 0 Å². The molecule has 23 heavy (non-hydrogen) atoms. The molecule has 0 atom stereocenters. The van der Waals surface area contributed by atoms with Crippen LogP contribution in [0, 0.1) is 0 Å². The molecule has 0 aromatic heterocycles. The lowest BCUT2D eigenvalue weighted by atomic mass is 9.91. The van der Waals surface area contributed by atoms with E-state index >= 15 is 0 Å². The van der Waals surface area contributed by atoms with Crippen molar-refractivity contribution in [3.63, 3.8) is 0 Å². The Bertz CT molecular complexity index is 971. The molecule has 0 unspecified atom stereocenters. The van der Waals surface area contributed by atoms with Crippen molar-refractivity contribution in [2.75, 3.05) is 0 Å². The maximum absolute atomic E-state index is 6.47. The summed E-state index contributed by atoms with van der Waals surface area (Å²) in [5.74, 6) is 0. The molecule has 0 bridgehead atoms. The Hall–Kier alpha value is -2.57. The van der Waals surface area contributed by atoms with E-state index in [1.54, 1.807) is 0 Å². The van der Waals surface area contributed by atoms with Crippen molar-refractivity contribution in [1.29, 1.82) is 0 Å². The number of hydrogen-bond donors (Lipinski definition) is 0. The Kier molecular flexibility index (Phi) is 3.61. The fourth-order valence-corrected chi connectivity index (χ4v) is 3.24. The van der Waals surface area contributed by atoms with Crippen LogP contribution in [0.15, 0.2) is 91.0 Å². The van der Waals surface area contributed by atoms with Crippen LogP contribution in [-0.4, -0.2) is 0 Å². The molecule has 0 nitrogen and oxygen atoms in total. The van der Waals surface area contributed by atoms with Gasteiger partial charge in [-0.2, -0.15) is 0 Å². The molecule has 4 aromatic carbocycles. The van der Waals surface area contributed by atoms with Gasteiger partial charge in [0.1, 0.15) is 0 Å². The quantitative estimate of drug-likeness (QED) is 0.380. The summed E-state index contributed by atoms with van der Waals surface area (Å²) in [6.45, 7) is 0. The van der Waals surface area contributed by atoms with Gasteiger partial charge in [0.2, 0.25) is 0 Å². The van der Waals surface area contributed by atoms with Gasteiger partial charge in [-0.15, -0.1) is 0 Å². The van der Waals surface area contributed by atoms with Crippen LogP contribution in [0.5, 0.6) is 0 Å². The van der Waals surface area contributed by atoms with E-state index in [1.165, 1.54) is 27.5 Å². The molecule has 110 valence electrons. The number of rotatable bonds is 2. The lowest BCUT2D eigenvalue weighted by molar-refractivity contribution is 1.60. The first-order chi connectivity index (χ1) is 11.3. The first-order valence-electron chi connectivity index (χ1n) is 7.66. The molecule has 0 radical (unpaired) electrons. The van der Waals surface area contributed by atoms with Gasteiger partial charge in [-0.25, -0.2) is 0 Å². The molecule has 0 aliphatic rings. The van der Waals surface area contributed by atoms with Gasteiger partial charge < -0.3 is 0 Å². The molecule has 0 saturated heterocycles. The minimum Gasteiger partial charge on any atom is -0.0837 e. The van der Waals surface area contributed by atoms with Crippen LogP contribution < -0.4 is 0 Å². The van der Waals surface area contributed by atoms with Crippen molar-refractivity contribution in [2.24, 2.45) is 0 Å². The molecule has 0 saturated carbocycles. The van der Waals surface area contributed by atoms with E-state index in [9.17, 15) is 0 Å². The van der Waals surface area contributed by atoms with Gasteiger partial charge in [-0.3, -0.25) is 0 Å². The SMILES string of the molecule is Clc1ccccc1-c1cc2ccccc2cc1-c1ccccc1. The number of halogens is 1. The molecule has 0 aliphatic heterocycles. The van der Waals surface area contributed by atoms with Crippen LogP contribution >= 0.6 is 11.6 Å². The third kappa shape index (κ3) is 2.62. The second kappa shape index (κ2) is 5.91. The van der Waals surface area contributed by atoms with Crippen molar-refractivity contribution in [3.05, 3.63) is 96.0 Å². The molecule has 0 N–H and O–H groups in total. The largest absolute Gasteiger partial charge is 0.0837 e. The van der Waals surface area contributed by atoms with Crippen LogP contribution in [0.25, 0.3) is 33.0 Å². The van der Waals surface area contributed by atoms with Gasteiger partial charge in [0, 0.05) is 10.6 Å². The fourth-order valence-electron chi connectivity index (χ4n) is 3.00. The van der Waals surface area contributed by atoms with Gasteiger partial charge in [-0.1, -0.05) is 84.4 Å². The van der Waals surface area contributed by atoms with Gasteiger partial charge in [0.05, 0.1) is 0 Å². The average molecular weight is 315 g/mol.